The molecule has 0 radical (unpaired) electrons. The van der Waals surface area contributed by atoms with Crippen LogP contribution in [0.25, 0.3) is 0 Å². The van der Waals surface area contributed by atoms with Crippen LogP contribution < -0.4 is 0 Å². The Morgan fingerprint density at radius 1 is 1.35 bits per heavy atom. The lowest BCUT2D eigenvalue weighted by Gasteiger charge is -2.26. The molecule has 0 aromatic rings. The molecule has 0 fully saturated rings. The number of carbonyl (C=O) groups is 1. The molecule has 0 spiro atoms. The van der Waals surface area contributed by atoms with Gasteiger partial charge in [0.25, 0.3) is 0 Å². The van der Waals surface area contributed by atoms with E-state index in [1.54, 1.807) is 6.08 Å². The summed E-state index contributed by atoms with van der Waals surface area (Å²) < 4.78 is 5.30. The monoisotopic (exact) mass is 240 g/mol. The Morgan fingerprint density at radius 2 is 1.88 bits per heavy atom. The Hall–Kier alpha value is -1.45. The summed E-state index contributed by atoms with van der Waals surface area (Å²) in [6.07, 6.45) is 3.26. The first-order valence-corrected chi connectivity index (χ1v) is 5.71. The molecule has 0 saturated carbocycles. The van der Waals surface area contributed by atoms with Gasteiger partial charge in [-0.25, -0.2) is 4.79 Å². The van der Waals surface area contributed by atoms with Gasteiger partial charge in [0.1, 0.15) is 5.60 Å². The largest absolute Gasteiger partial charge is 0.443 e. The van der Waals surface area contributed by atoms with Crippen molar-refractivity contribution in [3.8, 4) is 0 Å². The van der Waals surface area contributed by atoms with Gasteiger partial charge in [0.2, 0.25) is 0 Å². The van der Waals surface area contributed by atoms with Crippen LogP contribution in [0.2, 0.25) is 0 Å². The van der Waals surface area contributed by atoms with Gasteiger partial charge in [0, 0.05) is 32.5 Å². The Bertz CT molecular complexity index is 301. The molecule has 4 heteroatoms. The molecule has 0 aromatic heterocycles. The number of hydrogen-bond donors (Lipinski definition) is 0. The van der Waals surface area contributed by atoms with E-state index in [0.29, 0.717) is 12.2 Å². The van der Waals surface area contributed by atoms with Gasteiger partial charge in [-0.1, -0.05) is 6.58 Å². The molecule has 98 valence electrons. The average molecular weight is 240 g/mol. The summed E-state index contributed by atoms with van der Waals surface area (Å²) in [6.45, 7) is 11.8. The Balaban J connectivity index is 4.62. The van der Waals surface area contributed by atoms with Gasteiger partial charge in [0.15, 0.2) is 0 Å². The van der Waals surface area contributed by atoms with Crippen LogP contribution in [0.3, 0.4) is 0 Å². The summed E-state index contributed by atoms with van der Waals surface area (Å²) in [5, 5.41) is 0. The summed E-state index contributed by atoms with van der Waals surface area (Å²) in [4.78, 5) is 15.3. The van der Waals surface area contributed by atoms with Crippen LogP contribution in [0.15, 0.2) is 24.6 Å². The van der Waals surface area contributed by atoms with Crippen LogP contribution in [0.5, 0.6) is 0 Å². The van der Waals surface area contributed by atoms with Crippen LogP contribution in [0, 0.1) is 0 Å². The molecule has 4 nitrogen and oxygen atoms in total. The van der Waals surface area contributed by atoms with Gasteiger partial charge in [-0.05, 0) is 33.8 Å². The number of ether oxygens (including phenoxy) is 1. The zero-order valence-corrected chi connectivity index (χ0v) is 11.8. The third-order valence-corrected chi connectivity index (χ3v) is 1.84. The number of nitrogens with zero attached hydrogens (tertiary/aromatic N) is 2. The lowest BCUT2D eigenvalue weighted by atomic mass is 10.2. The molecule has 1 amide bonds. The van der Waals surface area contributed by atoms with E-state index < -0.39 is 5.60 Å². The van der Waals surface area contributed by atoms with Gasteiger partial charge >= 0.3 is 6.09 Å². The molecule has 0 heterocycles. The molecule has 0 aromatic carbocycles. The zero-order valence-electron chi connectivity index (χ0n) is 11.8. The molecule has 0 rings (SSSR count). The van der Waals surface area contributed by atoms with Crippen LogP contribution in [-0.2, 0) is 4.74 Å². The van der Waals surface area contributed by atoms with Crippen LogP contribution in [0.1, 0.15) is 27.7 Å². The molecule has 0 aliphatic heterocycles. The van der Waals surface area contributed by atoms with E-state index in [-0.39, 0.29) is 6.09 Å². The van der Waals surface area contributed by atoms with Crippen molar-refractivity contribution in [2.24, 2.45) is 0 Å². The predicted molar refractivity (Wildman–Crippen MR) is 70.6 cm³/mol. The fourth-order valence-electron chi connectivity index (χ4n) is 1.09. The summed E-state index contributed by atoms with van der Waals surface area (Å²) in [5.41, 5.74) is 0.131. The lowest BCUT2D eigenvalue weighted by molar-refractivity contribution is 0.0329. The highest BCUT2D eigenvalue weighted by molar-refractivity contribution is 5.70. The van der Waals surface area contributed by atoms with Gasteiger partial charge in [-0.3, -0.25) is 4.90 Å². The highest BCUT2D eigenvalue weighted by Gasteiger charge is 2.21. The summed E-state index contributed by atoms with van der Waals surface area (Å²) in [7, 11) is 3.82. The number of likely N-dealkylation sites (N-methyl/N-ethyl adjacent to an activating group) is 1. The maximum Gasteiger partial charge on any atom is 0.414 e. The van der Waals surface area contributed by atoms with E-state index in [0.717, 1.165) is 0 Å². The number of allylic oxidation sites excluding steroid dienone is 1. The van der Waals surface area contributed by atoms with Crippen molar-refractivity contribution < 1.29 is 9.53 Å². The first kappa shape index (κ1) is 15.6. The number of hydrogen-bond acceptors (Lipinski definition) is 3. The van der Waals surface area contributed by atoms with Crippen molar-refractivity contribution in [1.82, 2.24) is 9.80 Å². The van der Waals surface area contributed by atoms with Crippen molar-refractivity contribution in [2.75, 3.05) is 20.6 Å². The van der Waals surface area contributed by atoms with Gasteiger partial charge in [-0.2, -0.15) is 0 Å². The fourth-order valence-corrected chi connectivity index (χ4v) is 1.09. The lowest BCUT2D eigenvalue weighted by Crippen LogP contribution is -2.35. The van der Waals surface area contributed by atoms with Gasteiger partial charge < -0.3 is 9.64 Å². The molecule has 0 bridgehead atoms. The SMILES string of the molecule is C=C(/C=C\N(C)C)N(CC)C(=O)OC(C)(C)C. The van der Waals surface area contributed by atoms with Gasteiger partial charge in [0.05, 0.1) is 0 Å². The van der Waals surface area contributed by atoms with E-state index in [9.17, 15) is 4.79 Å². The summed E-state index contributed by atoms with van der Waals surface area (Å²) >= 11 is 0. The highest BCUT2D eigenvalue weighted by atomic mass is 16.6. The predicted octanol–water partition coefficient (Wildman–Crippen LogP) is 2.83. The number of rotatable bonds is 4. The first-order valence-electron chi connectivity index (χ1n) is 5.71. The quantitative estimate of drug-likeness (QED) is 0.708. The number of amides is 1. The molecule has 0 aliphatic carbocycles. The molecule has 0 N–H and O–H groups in total. The Morgan fingerprint density at radius 3 is 2.24 bits per heavy atom. The molecular weight excluding hydrogens is 216 g/mol. The standard InChI is InChI=1S/C13H24N2O2/c1-8-15(11(2)9-10-14(6)7)12(16)17-13(3,4)5/h9-10H,2,8H2,1,3-7H3/b10-9-. The van der Waals surface area contributed by atoms with Crippen molar-refractivity contribution in [3.63, 3.8) is 0 Å². The zero-order chi connectivity index (χ0) is 13.6. The second kappa shape index (κ2) is 6.33. The van der Waals surface area contributed by atoms with Gasteiger partial charge in [-0.15, -0.1) is 0 Å². The Kier molecular flexibility index (Phi) is 5.79. The fraction of sp³-hybridized carbons (Fsp3) is 0.615. The van der Waals surface area contributed by atoms with Crippen molar-refractivity contribution in [3.05, 3.63) is 24.6 Å². The molecule has 0 unspecified atom stereocenters. The molecule has 0 atom stereocenters. The van der Waals surface area contributed by atoms with Crippen LogP contribution >= 0.6 is 0 Å². The van der Waals surface area contributed by atoms with Crippen LogP contribution in [-0.4, -0.2) is 42.1 Å². The smallest absolute Gasteiger partial charge is 0.414 e. The minimum atomic E-state index is -0.490. The second-order valence-electron chi connectivity index (χ2n) is 5.00. The maximum absolute atomic E-state index is 11.9. The minimum absolute atomic E-state index is 0.367. The van der Waals surface area contributed by atoms with E-state index in [1.165, 1.54) is 4.90 Å². The maximum atomic E-state index is 11.9. The first-order chi connectivity index (χ1) is 7.67. The van der Waals surface area contributed by atoms with E-state index in [2.05, 4.69) is 6.58 Å². The topological polar surface area (TPSA) is 32.8 Å². The van der Waals surface area contributed by atoms with Crippen molar-refractivity contribution in [2.45, 2.75) is 33.3 Å². The second-order valence-corrected chi connectivity index (χ2v) is 5.00. The molecular formula is C13H24N2O2. The van der Waals surface area contributed by atoms with E-state index >= 15 is 0 Å². The summed E-state index contributed by atoms with van der Waals surface area (Å²) in [5.74, 6) is 0. The Labute approximate surface area is 105 Å². The van der Waals surface area contributed by atoms with Crippen LogP contribution in [0.4, 0.5) is 4.79 Å². The third-order valence-electron chi connectivity index (χ3n) is 1.84. The van der Waals surface area contributed by atoms with Crippen molar-refractivity contribution >= 4 is 6.09 Å². The number of carbonyl (C=O) groups excluding carboxylic acids is 1. The minimum Gasteiger partial charge on any atom is -0.443 e. The average Bonchev–Trinajstić information content (AvgIpc) is 2.12. The van der Waals surface area contributed by atoms with E-state index in [4.69, 9.17) is 4.74 Å². The highest BCUT2D eigenvalue weighted by Crippen LogP contribution is 2.13. The molecule has 0 aliphatic rings. The van der Waals surface area contributed by atoms with E-state index in [1.807, 2.05) is 52.9 Å². The molecule has 0 saturated heterocycles. The molecule has 17 heavy (non-hydrogen) atoms. The third kappa shape index (κ3) is 6.66. The normalized spacial score (nSPS) is 11.4. The van der Waals surface area contributed by atoms with Crippen molar-refractivity contribution in [1.29, 1.82) is 0 Å². The summed E-state index contributed by atoms with van der Waals surface area (Å²) in [6, 6.07) is 0.